The zero-order valence-electron chi connectivity index (χ0n) is 13.1. The average Bonchev–Trinajstić information content (AvgIpc) is 2.93. The Labute approximate surface area is 140 Å². The normalized spacial score (nSPS) is 18.3. The van der Waals surface area contributed by atoms with E-state index in [1.165, 1.54) is 11.1 Å². The predicted molar refractivity (Wildman–Crippen MR) is 89.5 cm³/mol. The molecule has 4 rings (SSSR count). The Kier molecular flexibility index (Phi) is 4.06. The van der Waals surface area contributed by atoms with Crippen LogP contribution < -0.4 is 14.8 Å². The Bertz CT molecular complexity index is 791. The molecule has 6 heteroatoms. The number of benzene rings is 1. The lowest BCUT2D eigenvalue weighted by atomic mass is 9.87. The molecule has 1 unspecified atom stereocenters. The van der Waals surface area contributed by atoms with Crippen molar-refractivity contribution in [3.05, 3.63) is 29.0 Å². The van der Waals surface area contributed by atoms with E-state index in [9.17, 15) is 4.79 Å². The van der Waals surface area contributed by atoms with Crippen molar-refractivity contribution in [2.75, 3.05) is 6.79 Å². The van der Waals surface area contributed by atoms with Gasteiger partial charge in [0.15, 0.2) is 11.5 Å². The van der Waals surface area contributed by atoms with Crippen LogP contribution >= 0.6 is 12.4 Å². The van der Waals surface area contributed by atoms with Crippen molar-refractivity contribution in [2.45, 2.75) is 39.2 Å². The summed E-state index contributed by atoms with van der Waals surface area (Å²) in [7, 11) is 0. The molecule has 2 aliphatic rings. The van der Waals surface area contributed by atoms with Gasteiger partial charge in [0.1, 0.15) is 0 Å². The third kappa shape index (κ3) is 2.70. The van der Waals surface area contributed by atoms with E-state index in [0.29, 0.717) is 0 Å². The summed E-state index contributed by atoms with van der Waals surface area (Å²) in [6, 6.07) is 4.18. The Morgan fingerprint density at radius 1 is 1.30 bits per heavy atom. The van der Waals surface area contributed by atoms with Gasteiger partial charge in [-0.1, -0.05) is 0 Å². The van der Waals surface area contributed by atoms with Crippen molar-refractivity contribution < 1.29 is 14.3 Å². The SMILES string of the molecule is CC(=O)NC1CCc2nc3cc4c(cc3c(C)c2C1)OCO4.Cl. The summed E-state index contributed by atoms with van der Waals surface area (Å²) in [4.78, 5) is 16.1. The molecule has 23 heavy (non-hydrogen) atoms. The van der Waals surface area contributed by atoms with Crippen molar-refractivity contribution >= 4 is 29.2 Å². The average molecular weight is 335 g/mol. The molecule has 1 N–H and O–H groups in total. The van der Waals surface area contributed by atoms with Crippen LogP contribution in [0.3, 0.4) is 0 Å². The van der Waals surface area contributed by atoms with Gasteiger partial charge in [-0.2, -0.15) is 0 Å². The van der Waals surface area contributed by atoms with Crippen LogP contribution in [0.2, 0.25) is 0 Å². The number of halogens is 1. The van der Waals surface area contributed by atoms with Crippen LogP contribution in [0.1, 0.15) is 30.2 Å². The van der Waals surface area contributed by atoms with Gasteiger partial charge in [0.05, 0.1) is 5.52 Å². The minimum Gasteiger partial charge on any atom is -0.454 e. The zero-order chi connectivity index (χ0) is 15.3. The van der Waals surface area contributed by atoms with Crippen LogP contribution in [0.15, 0.2) is 12.1 Å². The molecule has 1 atom stereocenters. The van der Waals surface area contributed by atoms with Crippen LogP contribution in [0.5, 0.6) is 11.5 Å². The number of carbonyl (C=O) groups excluding carboxylic acids is 1. The summed E-state index contributed by atoms with van der Waals surface area (Å²) >= 11 is 0. The number of hydrogen-bond donors (Lipinski definition) is 1. The van der Waals surface area contributed by atoms with Gasteiger partial charge in [-0.15, -0.1) is 12.4 Å². The standard InChI is InChI=1S/C17H18N2O3.ClH/c1-9-12-5-11(18-10(2)20)3-4-14(12)19-15-7-17-16(6-13(9)15)21-8-22-17;/h6-7,11H,3-5,8H2,1-2H3,(H,18,20);1H. The zero-order valence-corrected chi connectivity index (χ0v) is 14.0. The number of hydrogen-bond acceptors (Lipinski definition) is 4. The van der Waals surface area contributed by atoms with E-state index in [1.54, 1.807) is 6.92 Å². The van der Waals surface area contributed by atoms with Gasteiger partial charge in [0.25, 0.3) is 0 Å². The molecule has 122 valence electrons. The molecule has 1 amide bonds. The highest BCUT2D eigenvalue weighted by molar-refractivity contribution is 5.87. The number of ether oxygens (including phenoxy) is 2. The summed E-state index contributed by atoms with van der Waals surface area (Å²) in [5.41, 5.74) is 4.59. The number of amides is 1. The number of nitrogens with one attached hydrogen (secondary N) is 1. The number of pyridine rings is 1. The van der Waals surface area contributed by atoms with Crippen molar-refractivity contribution in [3.8, 4) is 11.5 Å². The number of nitrogens with zero attached hydrogens (tertiary/aromatic N) is 1. The fourth-order valence-corrected chi connectivity index (χ4v) is 3.46. The van der Waals surface area contributed by atoms with E-state index >= 15 is 0 Å². The van der Waals surface area contributed by atoms with Gasteiger partial charge in [-0.05, 0) is 43.4 Å². The minimum atomic E-state index is 0. The summed E-state index contributed by atoms with van der Waals surface area (Å²) in [6.45, 7) is 3.97. The summed E-state index contributed by atoms with van der Waals surface area (Å²) in [6.07, 6.45) is 2.68. The first-order valence-electron chi connectivity index (χ1n) is 7.60. The molecule has 0 bridgehead atoms. The largest absolute Gasteiger partial charge is 0.454 e. The molecule has 1 aliphatic heterocycles. The van der Waals surface area contributed by atoms with Gasteiger partial charge in [0, 0.05) is 30.1 Å². The number of rotatable bonds is 1. The number of fused-ring (bicyclic) bond motifs is 3. The molecule has 0 saturated heterocycles. The molecule has 0 radical (unpaired) electrons. The van der Waals surface area contributed by atoms with Crippen LogP contribution in [0.25, 0.3) is 10.9 Å². The Hall–Kier alpha value is -2.01. The first kappa shape index (κ1) is 15.9. The Morgan fingerprint density at radius 3 is 2.78 bits per heavy atom. The van der Waals surface area contributed by atoms with E-state index in [2.05, 4.69) is 12.2 Å². The van der Waals surface area contributed by atoms with E-state index in [-0.39, 0.29) is 31.1 Å². The quantitative estimate of drug-likeness (QED) is 0.871. The molecular weight excluding hydrogens is 316 g/mol. The first-order valence-corrected chi connectivity index (χ1v) is 7.60. The Balaban J connectivity index is 0.00000156. The van der Waals surface area contributed by atoms with Crippen LogP contribution in [0, 0.1) is 6.92 Å². The highest BCUT2D eigenvalue weighted by Gasteiger charge is 2.24. The fourth-order valence-electron chi connectivity index (χ4n) is 3.46. The van der Waals surface area contributed by atoms with Crippen LogP contribution in [-0.2, 0) is 17.6 Å². The van der Waals surface area contributed by atoms with E-state index < -0.39 is 0 Å². The Morgan fingerprint density at radius 2 is 2.04 bits per heavy atom. The molecule has 1 aromatic heterocycles. The molecule has 2 aromatic rings. The second kappa shape index (κ2) is 5.89. The van der Waals surface area contributed by atoms with E-state index in [0.717, 1.165) is 47.4 Å². The van der Waals surface area contributed by atoms with Gasteiger partial charge in [-0.25, -0.2) is 0 Å². The van der Waals surface area contributed by atoms with E-state index in [1.807, 2.05) is 12.1 Å². The number of carbonyl (C=O) groups is 1. The number of aromatic nitrogens is 1. The highest BCUT2D eigenvalue weighted by atomic mass is 35.5. The molecule has 1 aliphatic carbocycles. The minimum absolute atomic E-state index is 0. The van der Waals surface area contributed by atoms with Crippen LogP contribution in [0.4, 0.5) is 0 Å². The second-order valence-corrected chi connectivity index (χ2v) is 6.02. The third-order valence-corrected chi connectivity index (χ3v) is 4.54. The fraction of sp³-hybridized carbons (Fsp3) is 0.412. The molecule has 1 aromatic carbocycles. The lowest BCUT2D eigenvalue weighted by Gasteiger charge is -2.26. The van der Waals surface area contributed by atoms with Gasteiger partial charge >= 0.3 is 0 Å². The molecule has 0 saturated carbocycles. The lowest BCUT2D eigenvalue weighted by Crippen LogP contribution is -2.38. The van der Waals surface area contributed by atoms with Gasteiger partial charge in [0.2, 0.25) is 12.7 Å². The maximum Gasteiger partial charge on any atom is 0.231 e. The molecule has 5 nitrogen and oxygen atoms in total. The maximum absolute atomic E-state index is 11.3. The molecule has 0 spiro atoms. The van der Waals surface area contributed by atoms with E-state index in [4.69, 9.17) is 14.5 Å². The molecule has 0 fully saturated rings. The molecular formula is C17H19ClN2O3. The van der Waals surface area contributed by atoms with Crippen LogP contribution in [-0.4, -0.2) is 23.7 Å². The van der Waals surface area contributed by atoms with Crippen molar-refractivity contribution in [3.63, 3.8) is 0 Å². The highest BCUT2D eigenvalue weighted by Crippen LogP contribution is 2.38. The topological polar surface area (TPSA) is 60.5 Å². The summed E-state index contributed by atoms with van der Waals surface area (Å²) in [5.74, 6) is 1.58. The van der Waals surface area contributed by atoms with Crippen molar-refractivity contribution in [1.82, 2.24) is 10.3 Å². The maximum atomic E-state index is 11.3. The predicted octanol–water partition coefficient (Wildman–Crippen LogP) is 2.69. The van der Waals surface area contributed by atoms with Gasteiger partial charge in [-0.3, -0.25) is 9.78 Å². The third-order valence-electron chi connectivity index (χ3n) is 4.54. The smallest absolute Gasteiger partial charge is 0.231 e. The lowest BCUT2D eigenvalue weighted by molar-refractivity contribution is -0.119. The summed E-state index contributed by atoms with van der Waals surface area (Å²) in [5, 5.41) is 4.13. The molecule has 2 heterocycles. The number of aryl methyl sites for hydroxylation is 2. The second-order valence-electron chi connectivity index (χ2n) is 6.02. The van der Waals surface area contributed by atoms with Crippen molar-refractivity contribution in [2.24, 2.45) is 0 Å². The van der Waals surface area contributed by atoms with Crippen molar-refractivity contribution in [1.29, 1.82) is 0 Å². The summed E-state index contributed by atoms with van der Waals surface area (Å²) < 4.78 is 10.9. The first-order chi connectivity index (χ1) is 10.6. The van der Waals surface area contributed by atoms with Gasteiger partial charge < -0.3 is 14.8 Å². The monoisotopic (exact) mass is 334 g/mol.